The van der Waals surface area contributed by atoms with Crippen molar-refractivity contribution in [1.29, 1.82) is 0 Å². The molecular formula is C14H16N4OS2. The first kappa shape index (κ1) is 14.4. The van der Waals surface area contributed by atoms with E-state index in [4.69, 9.17) is 0 Å². The number of hydrogen-bond acceptors (Lipinski definition) is 6. The van der Waals surface area contributed by atoms with Gasteiger partial charge in [0.15, 0.2) is 0 Å². The van der Waals surface area contributed by atoms with Crippen LogP contribution in [0.3, 0.4) is 0 Å². The lowest BCUT2D eigenvalue weighted by Gasteiger charge is -2.14. The first-order chi connectivity index (χ1) is 10.0. The molecule has 0 saturated carbocycles. The average molecular weight is 320 g/mol. The number of aryl methyl sites for hydroxylation is 2. The summed E-state index contributed by atoms with van der Waals surface area (Å²) in [5.74, 6) is 0.699. The number of fused-ring (bicyclic) bond motifs is 1. The zero-order chi connectivity index (χ0) is 15.0. The third-order valence-electron chi connectivity index (χ3n) is 3.07. The SMILES string of the molecule is Cc1csc(CN(C)Cc2nc3sc(C)cc3c(=O)[nH]2)n1. The molecule has 5 nitrogen and oxygen atoms in total. The van der Waals surface area contributed by atoms with Crippen molar-refractivity contribution in [2.24, 2.45) is 0 Å². The van der Waals surface area contributed by atoms with Gasteiger partial charge in [-0.25, -0.2) is 9.97 Å². The summed E-state index contributed by atoms with van der Waals surface area (Å²) in [6, 6.07) is 1.89. The minimum absolute atomic E-state index is 0.0576. The van der Waals surface area contributed by atoms with Crippen LogP contribution in [0.4, 0.5) is 0 Å². The molecule has 3 rings (SSSR count). The van der Waals surface area contributed by atoms with E-state index in [1.807, 2.05) is 32.3 Å². The minimum atomic E-state index is -0.0576. The van der Waals surface area contributed by atoms with Gasteiger partial charge in [-0.3, -0.25) is 9.69 Å². The molecule has 3 aromatic rings. The summed E-state index contributed by atoms with van der Waals surface area (Å²) in [5.41, 5.74) is 0.989. The molecule has 3 heterocycles. The summed E-state index contributed by atoms with van der Waals surface area (Å²) in [7, 11) is 2.00. The van der Waals surface area contributed by atoms with E-state index in [1.54, 1.807) is 22.7 Å². The third-order valence-corrected chi connectivity index (χ3v) is 4.96. The molecule has 0 unspecified atom stereocenters. The number of hydrogen-bond donors (Lipinski definition) is 1. The van der Waals surface area contributed by atoms with Crippen LogP contribution in [0.1, 0.15) is 21.4 Å². The molecular weight excluding hydrogens is 304 g/mol. The Kier molecular flexibility index (Phi) is 3.88. The monoisotopic (exact) mass is 320 g/mol. The first-order valence-corrected chi connectivity index (χ1v) is 8.30. The Morgan fingerprint density at radius 3 is 2.81 bits per heavy atom. The molecule has 0 aliphatic rings. The lowest BCUT2D eigenvalue weighted by atomic mass is 10.3. The van der Waals surface area contributed by atoms with Crippen LogP contribution in [0.5, 0.6) is 0 Å². The van der Waals surface area contributed by atoms with Gasteiger partial charge < -0.3 is 4.98 Å². The molecule has 0 fully saturated rings. The molecule has 0 spiro atoms. The molecule has 0 aromatic carbocycles. The van der Waals surface area contributed by atoms with Crippen molar-refractivity contribution in [3.05, 3.63) is 43.2 Å². The number of aromatic amines is 1. The molecule has 0 radical (unpaired) electrons. The van der Waals surface area contributed by atoms with Crippen molar-refractivity contribution in [2.75, 3.05) is 7.05 Å². The summed E-state index contributed by atoms with van der Waals surface area (Å²) < 4.78 is 0. The maximum absolute atomic E-state index is 12.0. The van der Waals surface area contributed by atoms with Crippen molar-refractivity contribution >= 4 is 32.9 Å². The van der Waals surface area contributed by atoms with Crippen molar-refractivity contribution in [2.45, 2.75) is 26.9 Å². The van der Waals surface area contributed by atoms with E-state index < -0.39 is 0 Å². The standard InChI is InChI=1S/C14H16N4OS2/c1-8-7-20-12(15-8)6-18(3)5-11-16-13(19)10-4-9(2)21-14(10)17-11/h4,7H,5-6H2,1-3H3,(H,16,17,19). The van der Waals surface area contributed by atoms with E-state index in [0.717, 1.165) is 27.0 Å². The Morgan fingerprint density at radius 2 is 2.10 bits per heavy atom. The molecule has 7 heteroatoms. The Bertz CT molecular complexity index is 833. The molecule has 0 bridgehead atoms. The van der Waals surface area contributed by atoms with Crippen molar-refractivity contribution in [3.8, 4) is 0 Å². The molecule has 3 aromatic heterocycles. The summed E-state index contributed by atoms with van der Waals surface area (Å²) in [6.45, 7) is 5.33. The van der Waals surface area contributed by atoms with Crippen LogP contribution < -0.4 is 5.56 Å². The van der Waals surface area contributed by atoms with Gasteiger partial charge in [-0.2, -0.15) is 0 Å². The second-order valence-electron chi connectivity index (χ2n) is 5.14. The Labute approximate surface area is 130 Å². The predicted molar refractivity (Wildman–Crippen MR) is 87.0 cm³/mol. The Morgan fingerprint density at radius 1 is 1.29 bits per heavy atom. The van der Waals surface area contributed by atoms with E-state index in [1.165, 1.54) is 0 Å². The van der Waals surface area contributed by atoms with E-state index >= 15 is 0 Å². The fourth-order valence-electron chi connectivity index (χ4n) is 2.19. The topological polar surface area (TPSA) is 61.9 Å². The van der Waals surface area contributed by atoms with Crippen LogP contribution in [-0.4, -0.2) is 26.9 Å². The molecule has 110 valence electrons. The number of thiazole rings is 1. The van der Waals surface area contributed by atoms with Gasteiger partial charge in [0, 0.05) is 16.0 Å². The summed E-state index contributed by atoms with van der Waals surface area (Å²) in [4.78, 5) is 27.9. The van der Waals surface area contributed by atoms with Gasteiger partial charge in [-0.05, 0) is 27.0 Å². The predicted octanol–water partition coefficient (Wildman–Crippen LogP) is 2.69. The Balaban J connectivity index is 1.79. The highest BCUT2D eigenvalue weighted by atomic mass is 32.1. The first-order valence-electron chi connectivity index (χ1n) is 6.60. The fraction of sp³-hybridized carbons (Fsp3) is 0.357. The van der Waals surface area contributed by atoms with Gasteiger partial charge in [0.2, 0.25) is 0 Å². The molecule has 1 N–H and O–H groups in total. The molecule has 0 atom stereocenters. The highest BCUT2D eigenvalue weighted by Gasteiger charge is 2.10. The maximum atomic E-state index is 12.0. The molecule has 21 heavy (non-hydrogen) atoms. The maximum Gasteiger partial charge on any atom is 0.259 e. The second-order valence-corrected chi connectivity index (χ2v) is 7.32. The largest absolute Gasteiger partial charge is 0.309 e. The molecule has 0 amide bonds. The molecule has 0 aliphatic heterocycles. The fourth-order valence-corrected chi connectivity index (χ4v) is 3.94. The van der Waals surface area contributed by atoms with Crippen LogP contribution in [-0.2, 0) is 13.1 Å². The van der Waals surface area contributed by atoms with E-state index in [0.29, 0.717) is 17.8 Å². The number of H-pyrrole nitrogens is 1. The van der Waals surface area contributed by atoms with Gasteiger partial charge in [0.25, 0.3) is 5.56 Å². The lowest BCUT2D eigenvalue weighted by Crippen LogP contribution is -2.21. The lowest BCUT2D eigenvalue weighted by molar-refractivity contribution is 0.310. The minimum Gasteiger partial charge on any atom is -0.309 e. The molecule has 0 aliphatic carbocycles. The van der Waals surface area contributed by atoms with Crippen LogP contribution >= 0.6 is 22.7 Å². The number of nitrogens with zero attached hydrogens (tertiary/aromatic N) is 3. The average Bonchev–Trinajstić information content (AvgIpc) is 2.95. The van der Waals surface area contributed by atoms with E-state index in [9.17, 15) is 4.79 Å². The highest BCUT2D eigenvalue weighted by molar-refractivity contribution is 7.18. The number of rotatable bonds is 4. The van der Waals surface area contributed by atoms with Gasteiger partial charge in [0.05, 0.1) is 18.5 Å². The van der Waals surface area contributed by atoms with E-state index in [2.05, 4.69) is 19.9 Å². The zero-order valence-corrected chi connectivity index (χ0v) is 13.8. The van der Waals surface area contributed by atoms with Crippen LogP contribution in [0, 0.1) is 13.8 Å². The zero-order valence-electron chi connectivity index (χ0n) is 12.1. The smallest absolute Gasteiger partial charge is 0.259 e. The Hall–Kier alpha value is -1.57. The van der Waals surface area contributed by atoms with Gasteiger partial charge >= 0.3 is 0 Å². The van der Waals surface area contributed by atoms with Gasteiger partial charge in [0.1, 0.15) is 15.7 Å². The number of nitrogens with one attached hydrogen (secondary N) is 1. The van der Waals surface area contributed by atoms with Gasteiger partial charge in [-0.15, -0.1) is 22.7 Å². The third kappa shape index (κ3) is 3.20. The highest BCUT2D eigenvalue weighted by Crippen LogP contribution is 2.20. The number of thiophene rings is 1. The van der Waals surface area contributed by atoms with E-state index in [-0.39, 0.29) is 5.56 Å². The van der Waals surface area contributed by atoms with Crippen LogP contribution in [0.2, 0.25) is 0 Å². The summed E-state index contributed by atoms with van der Waals surface area (Å²) in [5, 5.41) is 3.80. The quantitative estimate of drug-likeness (QED) is 0.803. The van der Waals surface area contributed by atoms with Crippen LogP contribution in [0.15, 0.2) is 16.2 Å². The van der Waals surface area contributed by atoms with Gasteiger partial charge in [-0.1, -0.05) is 0 Å². The molecule has 0 saturated heterocycles. The van der Waals surface area contributed by atoms with Crippen molar-refractivity contribution in [1.82, 2.24) is 19.9 Å². The number of aromatic nitrogens is 3. The summed E-state index contributed by atoms with van der Waals surface area (Å²) in [6.07, 6.45) is 0. The summed E-state index contributed by atoms with van der Waals surface area (Å²) >= 11 is 3.21. The van der Waals surface area contributed by atoms with Crippen molar-refractivity contribution in [3.63, 3.8) is 0 Å². The van der Waals surface area contributed by atoms with Crippen molar-refractivity contribution < 1.29 is 0 Å². The second kappa shape index (κ2) is 5.67. The van der Waals surface area contributed by atoms with Crippen LogP contribution in [0.25, 0.3) is 10.2 Å². The normalized spacial score (nSPS) is 11.6.